The Kier molecular flexibility index (Phi) is 4.82. The topological polar surface area (TPSA) is 58.4 Å². The third-order valence-electron chi connectivity index (χ3n) is 3.43. The molecule has 2 aromatic rings. The van der Waals surface area contributed by atoms with Gasteiger partial charge in [-0.2, -0.15) is 0 Å². The first-order valence-electron chi connectivity index (χ1n) is 7.10. The van der Waals surface area contributed by atoms with Crippen molar-refractivity contribution in [1.29, 1.82) is 0 Å². The monoisotopic (exact) mass is 283 g/mol. The lowest BCUT2D eigenvalue weighted by atomic mass is 10.2. The van der Waals surface area contributed by atoms with Crippen molar-refractivity contribution in [2.75, 3.05) is 22.5 Å². The molecular formula is C17H21N3O. The minimum Gasteiger partial charge on any atom is -0.399 e. The number of nitrogens with one attached hydrogen (secondary N) is 1. The maximum absolute atomic E-state index is 12.4. The van der Waals surface area contributed by atoms with E-state index in [1.807, 2.05) is 73.3 Å². The van der Waals surface area contributed by atoms with E-state index >= 15 is 0 Å². The number of nitrogens with zero attached hydrogens (tertiary/aromatic N) is 1. The van der Waals surface area contributed by atoms with Crippen molar-refractivity contribution in [1.82, 2.24) is 0 Å². The predicted molar refractivity (Wildman–Crippen MR) is 88.4 cm³/mol. The first-order valence-corrected chi connectivity index (χ1v) is 7.10. The Morgan fingerprint density at radius 2 is 1.90 bits per heavy atom. The molecule has 1 amide bonds. The lowest BCUT2D eigenvalue weighted by molar-refractivity contribution is -0.117. The van der Waals surface area contributed by atoms with E-state index < -0.39 is 0 Å². The average Bonchev–Trinajstić information content (AvgIpc) is 2.49. The van der Waals surface area contributed by atoms with Crippen LogP contribution in [0, 0.1) is 0 Å². The van der Waals surface area contributed by atoms with Crippen molar-refractivity contribution >= 4 is 23.0 Å². The van der Waals surface area contributed by atoms with Gasteiger partial charge in [0.2, 0.25) is 5.91 Å². The molecule has 0 radical (unpaired) electrons. The fourth-order valence-electron chi connectivity index (χ4n) is 2.29. The van der Waals surface area contributed by atoms with Crippen molar-refractivity contribution in [3.05, 3.63) is 54.6 Å². The fraction of sp³-hybridized carbons (Fsp3) is 0.235. The average molecular weight is 283 g/mol. The third kappa shape index (κ3) is 3.75. The van der Waals surface area contributed by atoms with Crippen molar-refractivity contribution in [3.8, 4) is 0 Å². The zero-order chi connectivity index (χ0) is 15.2. The number of para-hydroxylation sites is 1. The van der Waals surface area contributed by atoms with Gasteiger partial charge in [0.05, 0.1) is 0 Å². The number of nitrogen functional groups attached to an aromatic ring is 1. The van der Waals surface area contributed by atoms with Crippen LogP contribution in [0.1, 0.15) is 13.8 Å². The largest absolute Gasteiger partial charge is 0.399 e. The number of amides is 1. The van der Waals surface area contributed by atoms with E-state index in [1.54, 1.807) is 0 Å². The van der Waals surface area contributed by atoms with Gasteiger partial charge in [0.25, 0.3) is 0 Å². The first-order chi connectivity index (χ1) is 10.1. The number of carbonyl (C=O) groups is 1. The van der Waals surface area contributed by atoms with Crippen LogP contribution in [0.2, 0.25) is 0 Å². The summed E-state index contributed by atoms with van der Waals surface area (Å²) in [6.45, 7) is 4.65. The predicted octanol–water partition coefficient (Wildman–Crippen LogP) is 3.12. The Morgan fingerprint density at radius 1 is 1.19 bits per heavy atom. The summed E-state index contributed by atoms with van der Waals surface area (Å²) in [5, 5.41) is 2.93. The van der Waals surface area contributed by atoms with Crippen LogP contribution in [-0.4, -0.2) is 18.5 Å². The summed E-state index contributed by atoms with van der Waals surface area (Å²) < 4.78 is 0. The number of rotatable bonds is 5. The molecule has 2 rings (SSSR count). The quantitative estimate of drug-likeness (QED) is 0.829. The van der Waals surface area contributed by atoms with Crippen molar-refractivity contribution in [2.45, 2.75) is 19.9 Å². The Balaban J connectivity index is 2.12. The van der Waals surface area contributed by atoms with Crippen LogP contribution < -0.4 is 16.0 Å². The number of benzene rings is 2. The molecule has 0 spiro atoms. The van der Waals surface area contributed by atoms with Crippen LogP contribution in [0.25, 0.3) is 0 Å². The molecule has 1 atom stereocenters. The summed E-state index contributed by atoms with van der Waals surface area (Å²) in [5.74, 6) is -0.0366. The number of carbonyl (C=O) groups excluding carboxylic acids is 1. The molecule has 0 fully saturated rings. The van der Waals surface area contributed by atoms with E-state index in [0.717, 1.165) is 17.9 Å². The van der Waals surface area contributed by atoms with Gasteiger partial charge in [-0.25, -0.2) is 0 Å². The number of anilines is 3. The second-order valence-electron chi connectivity index (χ2n) is 4.91. The van der Waals surface area contributed by atoms with Crippen molar-refractivity contribution in [3.63, 3.8) is 0 Å². The SMILES string of the molecule is CCN(c1cccc(N)c1)C(C)C(=O)Nc1ccccc1. The van der Waals surface area contributed by atoms with Gasteiger partial charge in [-0.05, 0) is 44.2 Å². The molecular weight excluding hydrogens is 262 g/mol. The Morgan fingerprint density at radius 3 is 2.52 bits per heavy atom. The lowest BCUT2D eigenvalue weighted by Crippen LogP contribution is -2.42. The summed E-state index contributed by atoms with van der Waals surface area (Å²) in [4.78, 5) is 14.4. The minimum atomic E-state index is -0.281. The van der Waals surface area contributed by atoms with Gasteiger partial charge in [-0.1, -0.05) is 24.3 Å². The fourth-order valence-corrected chi connectivity index (χ4v) is 2.29. The molecule has 0 aliphatic rings. The zero-order valence-corrected chi connectivity index (χ0v) is 12.4. The molecule has 2 aromatic carbocycles. The summed E-state index contributed by atoms with van der Waals surface area (Å²) in [5.41, 5.74) is 8.28. The highest BCUT2D eigenvalue weighted by molar-refractivity contribution is 5.96. The maximum atomic E-state index is 12.4. The van der Waals surface area contributed by atoms with E-state index in [0.29, 0.717) is 5.69 Å². The maximum Gasteiger partial charge on any atom is 0.246 e. The van der Waals surface area contributed by atoms with Crippen LogP contribution in [0.3, 0.4) is 0 Å². The van der Waals surface area contributed by atoms with E-state index in [2.05, 4.69) is 5.32 Å². The smallest absolute Gasteiger partial charge is 0.246 e. The van der Waals surface area contributed by atoms with Crippen LogP contribution in [0.4, 0.5) is 17.1 Å². The Hall–Kier alpha value is -2.49. The molecule has 1 unspecified atom stereocenters. The summed E-state index contributed by atoms with van der Waals surface area (Å²) in [7, 11) is 0. The Labute approximate surface area is 125 Å². The van der Waals surface area contributed by atoms with Gasteiger partial charge in [-0.15, -0.1) is 0 Å². The van der Waals surface area contributed by atoms with Gasteiger partial charge in [0, 0.05) is 23.6 Å². The van der Waals surface area contributed by atoms with Crippen LogP contribution >= 0.6 is 0 Å². The standard InChI is InChI=1S/C17H21N3O/c1-3-20(16-11-7-8-14(18)12-16)13(2)17(21)19-15-9-5-4-6-10-15/h4-13H,3,18H2,1-2H3,(H,19,21). The van der Waals surface area contributed by atoms with Crippen LogP contribution in [0.15, 0.2) is 54.6 Å². The number of hydrogen-bond donors (Lipinski definition) is 2. The molecule has 3 N–H and O–H groups in total. The summed E-state index contributed by atoms with van der Waals surface area (Å²) in [6, 6.07) is 16.8. The van der Waals surface area contributed by atoms with Crippen LogP contribution in [0.5, 0.6) is 0 Å². The molecule has 0 saturated heterocycles. The van der Waals surface area contributed by atoms with Gasteiger partial charge in [-0.3, -0.25) is 4.79 Å². The highest BCUT2D eigenvalue weighted by Crippen LogP contribution is 2.20. The highest BCUT2D eigenvalue weighted by atomic mass is 16.2. The number of hydrogen-bond acceptors (Lipinski definition) is 3. The summed E-state index contributed by atoms with van der Waals surface area (Å²) in [6.07, 6.45) is 0. The normalized spacial score (nSPS) is 11.7. The van der Waals surface area contributed by atoms with E-state index in [9.17, 15) is 4.79 Å². The molecule has 110 valence electrons. The van der Waals surface area contributed by atoms with E-state index in [-0.39, 0.29) is 11.9 Å². The molecule has 0 aromatic heterocycles. The van der Waals surface area contributed by atoms with Gasteiger partial charge >= 0.3 is 0 Å². The zero-order valence-electron chi connectivity index (χ0n) is 12.4. The highest BCUT2D eigenvalue weighted by Gasteiger charge is 2.20. The van der Waals surface area contributed by atoms with Crippen molar-refractivity contribution < 1.29 is 4.79 Å². The van der Waals surface area contributed by atoms with Crippen molar-refractivity contribution in [2.24, 2.45) is 0 Å². The second-order valence-corrected chi connectivity index (χ2v) is 4.91. The molecule has 0 aliphatic heterocycles. The lowest BCUT2D eigenvalue weighted by Gasteiger charge is -2.29. The number of nitrogens with two attached hydrogens (primary N) is 1. The molecule has 0 heterocycles. The van der Waals surface area contributed by atoms with E-state index in [4.69, 9.17) is 5.73 Å². The molecule has 0 saturated carbocycles. The van der Waals surface area contributed by atoms with Crippen LogP contribution in [-0.2, 0) is 4.79 Å². The van der Waals surface area contributed by atoms with E-state index in [1.165, 1.54) is 0 Å². The molecule has 4 heteroatoms. The second kappa shape index (κ2) is 6.79. The molecule has 21 heavy (non-hydrogen) atoms. The minimum absolute atomic E-state index is 0.0366. The van der Waals surface area contributed by atoms with Gasteiger partial charge in [0.1, 0.15) is 6.04 Å². The summed E-state index contributed by atoms with van der Waals surface area (Å²) >= 11 is 0. The van der Waals surface area contributed by atoms with Gasteiger partial charge in [0.15, 0.2) is 0 Å². The Bertz CT molecular complexity index is 598. The number of likely N-dealkylation sites (N-methyl/N-ethyl adjacent to an activating group) is 1. The van der Waals surface area contributed by atoms with Gasteiger partial charge < -0.3 is 16.0 Å². The third-order valence-corrected chi connectivity index (χ3v) is 3.43. The molecule has 0 aliphatic carbocycles. The molecule has 4 nitrogen and oxygen atoms in total. The first kappa shape index (κ1) is 14.9. The molecule has 0 bridgehead atoms.